The molecule has 2 N–H and O–H groups in total. The highest BCUT2D eigenvalue weighted by atomic mass is 16.3. The molecule has 5 nitrogen and oxygen atoms in total. The molecule has 3 heterocycles. The Kier molecular flexibility index (Phi) is 7.70. The van der Waals surface area contributed by atoms with E-state index in [1.54, 1.807) is 6.26 Å². The molecular weight excluding hydrogens is 396 g/mol. The summed E-state index contributed by atoms with van der Waals surface area (Å²) in [5.41, 5.74) is 3.55. The van der Waals surface area contributed by atoms with E-state index < -0.39 is 0 Å². The van der Waals surface area contributed by atoms with E-state index in [-0.39, 0.29) is 6.04 Å². The Labute approximate surface area is 191 Å². The normalized spacial score (nSPS) is 12.4. The Morgan fingerprint density at radius 1 is 1.00 bits per heavy atom. The lowest BCUT2D eigenvalue weighted by Crippen LogP contribution is -2.13. The summed E-state index contributed by atoms with van der Waals surface area (Å²) >= 11 is 0. The Balaban J connectivity index is 1.43. The first-order valence-electron chi connectivity index (χ1n) is 12.2. The van der Waals surface area contributed by atoms with Gasteiger partial charge in [0.25, 0.3) is 0 Å². The minimum atomic E-state index is -0.128. The van der Waals surface area contributed by atoms with Crippen molar-refractivity contribution in [1.82, 2.24) is 14.8 Å². The fourth-order valence-electron chi connectivity index (χ4n) is 4.32. The van der Waals surface area contributed by atoms with E-state index in [0.717, 1.165) is 35.8 Å². The molecule has 4 aromatic rings. The van der Waals surface area contributed by atoms with Crippen LogP contribution in [0.4, 0.5) is 5.82 Å². The van der Waals surface area contributed by atoms with Crippen LogP contribution in [0.2, 0.25) is 0 Å². The first kappa shape index (κ1) is 22.3. The predicted molar refractivity (Wildman–Crippen MR) is 132 cm³/mol. The average Bonchev–Trinajstić information content (AvgIpc) is 3.57. The summed E-state index contributed by atoms with van der Waals surface area (Å²) in [7, 11) is 0. The molecule has 1 atom stereocenters. The van der Waals surface area contributed by atoms with Gasteiger partial charge in [0.05, 0.1) is 6.26 Å². The topological polar surface area (TPSA) is 58.8 Å². The fraction of sp³-hybridized carbons (Fsp3) is 0.444. The first-order valence-corrected chi connectivity index (χ1v) is 12.2. The lowest BCUT2D eigenvalue weighted by Gasteiger charge is -2.14. The van der Waals surface area contributed by atoms with Crippen molar-refractivity contribution in [3.63, 3.8) is 0 Å². The second-order valence-corrected chi connectivity index (χ2v) is 8.65. The predicted octanol–water partition coefficient (Wildman–Crippen LogP) is 7.32. The number of unbranched alkanes of at least 4 members (excludes halogenated alkanes) is 6. The van der Waals surface area contributed by atoms with Crippen molar-refractivity contribution in [2.75, 3.05) is 11.9 Å². The Morgan fingerprint density at radius 3 is 2.62 bits per heavy atom. The number of nitrogens with one attached hydrogen (secondary N) is 2. The molecule has 4 rings (SSSR count). The highest BCUT2D eigenvalue weighted by molar-refractivity contribution is 5.81. The second-order valence-electron chi connectivity index (χ2n) is 8.65. The summed E-state index contributed by atoms with van der Waals surface area (Å²) in [6.07, 6.45) is 14.0. The maximum Gasteiger partial charge on any atom is 0.149 e. The molecule has 0 spiro atoms. The highest BCUT2D eigenvalue weighted by Crippen LogP contribution is 2.30. The van der Waals surface area contributed by atoms with Crippen LogP contribution in [-0.4, -0.2) is 21.3 Å². The molecule has 0 saturated carbocycles. The van der Waals surface area contributed by atoms with Gasteiger partial charge in [0, 0.05) is 35.4 Å². The second kappa shape index (κ2) is 11.1. The molecule has 0 bridgehead atoms. The maximum atomic E-state index is 5.81. The van der Waals surface area contributed by atoms with Gasteiger partial charge in [-0.25, -0.2) is 0 Å². The lowest BCUT2D eigenvalue weighted by atomic mass is 10.1. The van der Waals surface area contributed by atoms with Crippen molar-refractivity contribution in [2.45, 2.75) is 71.3 Å². The van der Waals surface area contributed by atoms with Crippen LogP contribution in [0.1, 0.15) is 81.9 Å². The standard InChI is InChI=1S/C27H36N4O/c1-3-5-6-7-8-9-10-16-28-26-15-17-31(30-26)27(25-12-11-18-32-25)24-20-22-19-21(4-2)13-14-23(22)29-24/h11-15,17-20,27,29H,3-10,16H2,1-2H3,(H,28,30). The molecule has 1 unspecified atom stereocenters. The number of furan rings is 1. The van der Waals surface area contributed by atoms with Crippen molar-refractivity contribution in [1.29, 1.82) is 0 Å². The molecule has 1 aromatic carbocycles. The van der Waals surface area contributed by atoms with Gasteiger partial charge in [0.2, 0.25) is 0 Å². The molecule has 3 aromatic heterocycles. The minimum absolute atomic E-state index is 0.128. The minimum Gasteiger partial charge on any atom is -0.467 e. The van der Waals surface area contributed by atoms with E-state index >= 15 is 0 Å². The Bertz CT molecular complexity index is 1080. The number of aryl methyl sites for hydroxylation is 1. The van der Waals surface area contributed by atoms with E-state index in [0.29, 0.717) is 0 Å². The summed E-state index contributed by atoms with van der Waals surface area (Å²) in [4.78, 5) is 3.58. The van der Waals surface area contributed by atoms with Gasteiger partial charge in [-0.3, -0.25) is 4.68 Å². The zero-order chi connectivity index (χ0) is 22.2. The Morgan fingerprint density at radius 2 is 1.84 bits per heavy atom. The summed E-state index contributed by atoms with van der Waals surface area (Å²) < 4.78 is 7.79. The quantitative estimate of drug-likeness (QED) is 0.218. The van der Waals surface area contributed by atoms with Crippen LogP contribution in [0.3, 0.4) is 0 Å². The van der Waals surface area contributed by atoms with E-state index in [2.05, 4.69) is 54.5 Å². The summed E-state index contributed by atoms with van der Waals surface area (Å²) in [5.74, 6) is 1.78. The summed E-state index contributed by atoms with van der Waals surface area (Å²) in [5, 5.41) is 9.54. The number of H-pyrrole nitrogens is 1. The van der Waals surface area contributed by atoms with Crippen LogP contribution in [0.25, 0.3) is 10.9 Å². The number of anilines is 1. The highest BCUT2D eigenvalue weighted by Gasteiger charge is 2.22. The largest absolute Gasteiger partial charge is 0.467 e. The number of aromatic nitrogens is 3. The van der Waals surface area contributed by atoms with Gasteiger partial charge in [-0.1, -0.05) is 58.4 Å². The molecular formula is C27H36N4O. The van der Waals surface area contributed by atoms with Gasteiger partial charge in [-0.05, 0) is 48.7 Å². The van der Waals surface area contributed by atoms with Crippen molar-refractivity contribution in [2.24, 2.45) is 0 Å². The lowest BCUT2D eigenvalue weighted by molar-refractivity contribution is 0.438. The van der Waals surface area contributed by atoms with E-state index in [4.69, 9.17) is 9.52 Å². The van der Waals surface area contributed by atoms with Crippen LogP contribution in [-0.2, 0) is 6.42 Å². The SMILES string of the molecule is CCCCCCCCCNc1ccn(C(c2cc3cc(CC)ccc3[nH]2)c2ccco2)n1. The van der Waals surface area contributed by atoms with Crippen LogP contribution in [0.5, 0.6) is 0 Å². The number of rotatable bonds is 13. The Hall–Kier alpha value is -2.95. The van der Waals surface area contributed by atoms with Gasteiger partial charge in [-0.2, -0.15) is 5.10 Å². The molecule has 0 fully saturated rings. The number of nitrogens with zero attached hydrogens (tertiary/aromatic N) is 2. The smallest absolute Gasteiger partial charge is 0.149 e. The third-order valence-electron chi connectivity index (χ3n) is 6.18. The van der Waals surface area contributed by atoms with Crippen LogP contribution in [0, 0.1) is 0 Å². The average molecular weight is 433 g/mol. The number of hydrogen-bond donors (Lipinski definition) is 2. The van der Waals surface area contributed by atoms with Crippen molar-refractivity contribution < 1.29 is 4.42 Å². The van der Waals surface area contributed by atoms with Crippen molar-refractivity contribution in [3.05, 3.63) is 71.9 Å². The zero-order valence-corrected chi connectivity index (χ0v) is 19.4. The third-order valence-corrected chi connectivity index (χ3v) is 6.18. The third kappa shape index (κ3) is 5.45. The zero-order valence-electron chi connectivity index (χ0n) is 19.4. The van der Waals surface area contributed by atoms with Gasteiger partial charge in [0.15, 0.2) is 0 Å². The molecule has 0 amide bonds. The number of fused-ring (bicyclic) bond motifs is 1. The van der Waals surface area contributed by atoms with Crippen LogP contribution in [0.15, 0.2) is 59.3 Å². The molecule has 0 saturated heterocycles. The maximum absolute atomic E-state index is 5.81. The van der Waals surface area contributed by atoms with Crippen molar-refractivity contribution in [3.8, 4) is 0 Å². The van der Waals surface area contributed by atoms with Gasteiger partial charge >= 0.3 is 0 Å². The van der Waals surface area contributed by atoms with E-state index in [1.165, 1.54) is 55.9 Å². The van der Waals surface area contributed by atoms with Gasteiger partial charge in [0.1, 0.15) is 17.6 Å². The number of hydrogen-bond acceptors (Lipinski definition) is 3. The van der Waals surface area contributed by atoms with Crippen LogP contribution < -0.4 is 5.32 Å². The molecule has 0 radical (unpaired) electrons. The number of aromatic amines is 1. The van der Waals surface area contributed by atoms with E-state index in [9.17, 15) is 0 Å². The van der Waals surface area contributed by atoms with Crippen molar-refractivity contribution >= 4 is 16.7 Å². The van der Waals surface area contributed by atoms with Gasteiger partial charge in [-0.15, -0.1) is 0 Å². The molecule has 0 aliphatic heterocycles. The monoisotopic (exact) mass is 432 g/mol. The molecule has 5 heteroatoms. The van der Waals surface area contributed by atoms with Crippen LogP contribution >= 0.6 is 0 Å². The molecule has 32 heavy (non-hydrogen) atoms. The molecule has 0 aliphatic carbocycles. The van der Waals surface area contributed by atoms with Gasteiger partial charge < -0.3 is 14.7 Å². The molecule has 0 aliphatic rings. The van der Waals surface area contributed by atoms with E-state index in [1.807, 2.05) is 23.0 Å². The summed E-state index contributed by atoms with van der Waals surface area (Å²) in [6, 6.07) is 14.7. The first-order chi connectivity index (χ1) is 15.8. The number of benzene rings is 1. The summed E-state index contributed by atoms with van der Waals surface area (Å²) in [6.45, 7) is 5.41. The fourth-order valence-corrected chi connectivity index (χ4v) is 4.32. The molecule has 170 valence electrons.